The van der Waals surface area contributed by atoms with Gasteiger partial charge < -0.3 is 10.2 Å². The summed E-state index contributed by atoms with van der Waals surface area (Å²) < 4.78 is 0. The first-order valence-electron chi connectivity index (χ1n) is 7.23. The summed E-state index contributed by atoms with van der Waals surface area (Å²) in [5, 5.41) is 3.32. The van der Waals surface area contributed by atoms with Crippen LogP contribution in [0.15, 0.2) is 24.3 Å². The first-order valence-corrected chi connectivity index (χ1v) is 7.23. The SMILES string of the molecule is CC(Nc1cccc(C(C)C)c1)C(=O)N1CCCC1. The van der Waals surface area contributed by atoms with Crippen molar-refractivity contribution in [3.05, 3.63) is 29.8 Å². The van der Waals surface area contributed by atoms with Crippen molar-refractivity contribution in [3.63, 3.8) is 0 Å². The predicted octanol–water partition coefficient (Wildman–Crippen LogP) is 3.23. The second kappa shape index (κ2) is 6.09. The molecule has 0 spiro atoms. The largest absolute Gasteiger partial charge is 0.374 e. The molecule has 0 bridgehead atoms. The molecular formula is C16H24N2O. The quantitative estimate of drug-likeness (QED) is 0.901. The van der Waals surface area contributed by atoms with E-state index in [4.69, 9.17) is 0 Å². The number of amides is 1. The van der Waals surface area contributed by atoms with Crippen molar-refractivity contribution in [2.75, 3.05) is 18.4 Å². The molecule has 0 saturated carbocycles. The third-order valence-corrected chi connectivity index (χ3v) is 3.72. The number of carbonyl (C=O) groups excluding carboxylic acids is 1. The zero-order chi connectivity index (χ0) is 13.8. The topological polar surface area (TPSA) is 32.3 Å². The predicted molar refractivity (Wildman–Crippen MR) is 79.4 cm³/mol. The summed E-state index contributed by atoms with van der Waals surface area (Å²) in [6.45, 7) is 8.13. The molecule has 2 rings (SSSR count). The van der Waals surface area contributed by atoms with Gasteiger partial charge in [0.2, 0.25) is 5.91 Å². The number of hydrogen-bond acceptors (Lipinski definition) is 2. The third kappa shape index (κ3) is 3.49. The second-order valence-corrected chi connectivity index (χ2v) is 5.68. The van der Waals surface area contributed by atoms with Crippen molar-refractivity contribution in [2.24, 2.45) is 0 Å². The minimum absolute atomic E-state index is 0.152. The van der Waals surface area contributed by atoms with Crippen LogP contribution in [0.2, 0.25) is 0 Å². The Kier molecular flexibility index (Phi) is 4.46. The van der Waals surface area contributed by atoms with Crippen LogP contribution in [-0.4, -0.2) is 29.9 Å². The molecule has 0 aromatic heterocycles. The number of rotatable bonds is 4. The Morgan fingerprint density at radius 3 is 2.53 bits per heavy atom. The van der Waals surface area contributed by atoms with Gasteiger partial charge in [0.25, 0.3) is 0 Å². The van der Waals surface area contributed by atoms with E-state index in [0.29, 0.717) is 5.92 Å². The Morgan fingerprint density at radius 2 is 1.89 bits per heavy atom. The lowest BCUT2D eigenvalue weighted by Gasteiger charge is -2.22. The molecule has 1 atom stereocenters. The van der Waals surface area contributed by atoms with Crippen molar-refractivity contribution >= 4 is 11.6 Å². The minimum atomic E-state index is -0.152. The fourth-order valence-electron chi connectivity index (χ4n) is 2.51. The van der Waals surface area contributed by atoms with Crippen LogP contribution in [0.3, 0.4) is 0 Å². The molecule has 1 heterocycles. The highest BCUT2D eigenvalue weighted by atomic mass is 16.2. The van der Waals surface area contributed by atoms with Gasteiger partial charge in [-0.15, -0.1) is 0 Å². The van der Waals surface area contributed by atoms with E-state index in [1.165, 1.54) is 5.56 Å². The zero-order valence-corrected chi connectivity index (χ0v) is 12.1. The normalized spacial score (nSPS) is 16.7. The van der Waals surface area contributed by atoms with Gasteiger partial charge >= 0.3 is 0 Å². The highest BCUT2D eigenvalue weighted by Gasteiger charge is 2.22. The van der Waals surface area contributed by atoms with Gasteiger partial charge in [-0.3, -0.25) is 4.79 Å². The first kappa shape index (κ1) is 13.9. The van der Waals surface area contributed by atoms with E-state index in [-0.39, 0.29) is 11.9 Å². The molecule has 1 aromatic rings. The van der Waals surface area contributed by atoms with Gasteiger partial charge in [-0.25, -0.2) is 0 Å². The molecule has 1 aliphatic rings. The maximum absolute atomic E-state index is 12.2. The summed E-state index contributed by atoms with van der Waals surface area (Å²) in [6.07, 6.45) is 2.28. The van der Waals surface area contributed by atoms with Crippen LogP contribution in [-0.2, 0) is 4.79 Å². The lowest BCUT2D eigenvalue weighted by atomic mass is 10.0. The third-order valence-electron chi connectivity index (χ3n) is 3.72. The van der Waals surface area contributed by atoms with E-state index in [1.54, 1.807) is 0 Å². The standard InChI is InChI=1S/C16H24N2O/c1-12(2)14-7-6-8-15(11-14)17-13(3)16(19)18-9-4-5-10-18/h6-8,11-13,17H,4-5,9-10H2,1-3H3. The second-order valence-electron chi connectivity index (χ2n) is 5.68. The van der Waals surface area contributed by atoms with Gasteiger partial charge in [0.05, 0.1) is 0 Å². The molecule has 1 aliphatic heterocycles. The van der Waals surface area contributed by atoms with Crippen LogP contribution in [0.1, 0.15) is 45.1 Å². The summed E-state index contributed by atoms with van der Waals surface area (Å²) in [4.78, 5) is 14.2. The monoisotopic (exact) mass is 260 g/mol. The van der Waals surface area contributed by atoms with Crippen molar-refractivity contribution in [2.45, 2.75) is 45.6 Å². The number of nitrogens with one attached hydrogen (secondary N) is 1. The zero-order valence-electron chi connectivity index (χ0n) is 12.1. The number of anilines is 1. The first-order chi connectivity index (χ1) is 9.08. The van der Waals surface area contributed by atoms with E-state index in [0.717, 1.165) is 31.6 Å². The maximum Gasteiger partial charge on any atom is 0.244 e. The van der Waals surface area contributed by atoms with Crippen molar-refractivity contribution < 1.29 is 4.79 Å². The van der Waals surface area contributed by atoms with Crippen LogP contribution < -0.4 is 5.32 Å². The van der Waals surface area contributed by atoms with Crippen LogP contribution in [0.5, 0.6) is 0 Å². The highest BCUT2D eigenvalue weighted by Crippen LogP contribution is 2.19. The van der Waals surface area contributed by atoms with E-state index in [1.807, 2.05) is 24.0 Å². The molecular weight excluding hydrogens is 236 g/mol. The van der Waals surface area contributed by atoms with E-state index in [2.05, 4.69) is 31.3 Å². The molecule has 1 unspecified atom stereocenters. The summed E-state index contributed by atoms with van der Waals surface area (Å²) in [5.41, 5.74) is 2.33. The van der Waals surface area contributed by atoms with Crippen molar-refractivity contribution in [3.8, 4) is 0 Å². The molecule has 1 amide bonds. The number of hydrogen-bond donors (Lipinski definition) is 1. The summed E-state index contributed by atoms with van der Waals surface area (Å²) in [5.74, 6) is 0.721. The molecule has 104 valence electrons. The van der Waals surface area contributed by atoms with Gasteiger partial charge in [0.1, 0.15) is 6.04 Å². The fraction of sp³-hybridized carbons (Fsp3) is 0.562. The molecule has 3 nitrogen and oxygen atoms in total. The maximum atomic E-state index is 12.2. The molecule has 1 saturated heterocycles. The average molecular weight is 260 g/mol. The van der Waals surface area contributed by atoms with Crippen molar-refractivity contribution in [1.29, 1.82) is 0 Å². The fourth-order valence-corrected chi connectivity index (χ4v) is 2.51. The molecule has 0 radical (unpaired) electrons. The number of likely N-dealkylation sites (tertiary alicyclic amines) is 1. The molecule has 0 aliphatic carbocycles. The Morgan fingerprint density at radius 1 is 1.21 bits per heavy atom. The van der Waals surface area contributed by atoms with Gasteiger partial charge in [-0.2, -0.15) is 0 Å². The molecule has 19 heavy (non-hydrogen) atoms. The Bertz CT molecular complexity index is 436. The van der Waals surface area contributed by atoms with E-state index < -0.39 is 0 Å². The van der Waals surface area contributed by atoms with E-state index in [9.17, 15) is 4.79 Å². The van der Waals surface area contributed by atoms with Crippen LogP contribution in [0.4, 0.5) is 5.69 Å². The Balaban J connectivity index is 1.99. The van der Waals surface area contributed by atoms with Gasteiger partial charge in [0, 0.05) is 18.8 Å². The number of carbonyl (C=O) groups is 1. The van der Waals surface area contributed by atoms with Gasteiger partial charge in [-0.1, -0.05) is 26.0 Å². The number of nitrogens with zero attached hydrogens (tertiary/aromatic N) is 1. The Hall–Kier alpha value is -1.51. The molecule has 1 N–H and O–H groups in total. The minimum Gasteiger partial charge on any atom is -0.374 e. The molecule has 3 heteroatoms. The van der Waals surface area contributed by atoms with Crippen LogP contribution in [0.25, 0.3) is 0 Å². The lowest BCUT2D eigenvalue weighted by Crippen LogP contribution is -2.39. The van der Waals surface area contributed by atoms with E-state index >= 15 is 0 Å². The molecule has 1 aromatic carbocycles. The van der Waals surface area contributed by atoms with Crippen molar-refractivity contribution in [1.82, 2.24) is 4.90 Å². The van der Waals surface area contributed by atoms with Crippen LogP contribution in [0, 0.1) is 0 Å². The summed E-state index contributed by atoms with van der Waals surface area (Å²) >= 11 is 0. The van der Waals surface area contributed by atoms with Crippen LogP contribution >= 0.6 is 0 Å². The Labute approximate surface area is 116 Å². The smallest absolute Gasteiger partial charge is 0.244 e. The average Bonchev–Trinajstić information content (AvgIpc) is 2.92. The highest BCUT2D eigenvalue weighted by molar-refractivity contribution is 5.84. The van der Waals surface area contributed by atoms with Gasteiger partial charge in [-0.05, 0) is 43.4 Å². The molecule has 1 fully saturated rings. The summed E-state index contributed by atoms with van der Waals surface area (Å²) in [7, 11) is 0. The number of benzene rings is 1. The van der Waals surface area contributed by atoms with Gasteiger partial charge in [0.15, 0.2) is 0 Å². The lowest BCUT2D eigenvalue weighted by molar-refractivity contribution is -0.130. The summed E-state index contributed by atoms with van der Waals surface area (Å²) in [6, 6.07) is 8.19.